The largest absolute Gasteiger partial charge is 0.352 e. The van der Waals surface area contributed by atoms with Gasteiger partial charge in [-0.3, -0.25) is 9.59 Å². The molecule has 7 nitrogen and oxygen atoms in total. The van der Waals surface area contributed by atoms with Crippen LogP contribution in [0, 0.1) is 0 Å². The highest BCUT2D eigenvalue weighted by Crippen LogP contribution is 2.20. The molecule has 144 valence electrons. The molecule has 2 heterocycles. The molecule has 1 fully saturated rings. The smallest absolute Gasteiger partial charge is 0.264 e. The van der Waals surface area contributed by atoms with Crippen LogP contribution in [0.3, 0.4) is 0 Å². The molecule has 1 aliphatic heterocycles. The summed E-state index contributed by atoms with van der Waals surface area (Å²) in [6, 6.07) is 10.1. The van der Waals surface area contributed by atoms with Crippen LogP contribution in [-0.2, 0) is 21.4 Å². The summed E-state index contributed by atoms with van der Waals surface area (Å²) >= 11 is 1.39. The lowest BCUT2D eigenvalue weighted by atomic mass is 10.2. The van der Waals surface area contributed by atoms with Gasteiger partial charge < -0.3 is 10.2 Å². The maximum absolute atomic E-state index is 12.8. The molecule has 1 aliphatic rings. The van der Waals surface area contributed by atoms with Crippen molar-refractivity contribution in [2.45, 2.75) is 18.4 Å². The highest BCUT2D eigenvalue weighted by molar-refractivity contribution is 7.89. The van der Waals surface area contributed by atoms with E-state index in [1.807, 2.05) is 11.4 Å². The summed E-state index contributed by atoms with van der Waals surface area (Å²) in [5.41, 5.74) is 0.829. The second-order valence-electron chi connectivity index (χ2n) is 6.23. The van der Waals surface area contributed by atoms with Gasteiger partial charge in [-0.1, -0.05) is 18.2 Å². The van der Waals surface area contributed by atoms with Gasteiger partial charge in [0, 0.05) is 39.6 Å². The highest BCUT2D eigenvalue weighted by atomic mass is 32.2. The van der Waals surface area contributed by atoms with Crippen LogP contribution in [0.5, 0.6) is 0 Å². The third kappa shape index (κ3) is 4.55. The first-order valence-electron chi connectivity index (χ1n) is 8.54. The maximum atomic E-state index is 12.8. The molecule has 2 aromatic rings. The van der Waals surface area contributed by atoms with Crippen molar-refractivity contribution in [1.29, 1.82) is 0 Å². The van der Waals surface area contributed by atoms with Gasteiger partial charge in [0.1, 0.15) is 0 Å². The molecule has 9 heteroatoms. The lowest BCUT2D eigenvalue weighted by molar-refractivity contribution is -0.119. The van der Waals surface area contributed by atoms with Crippen molar-refractivity contribution in [3.05, 3.63) is 52.2 Å². The minimum atomic E-state index is -3.60. The lowest BCUT2D eigenvalue weighted by Gasteiger charge is -2.33. The summed E-state index contributed by atoms with van der Waals surface area (Å²) in [7, 11) is -3.60. The van der Waals surface area contributed by atoms with Crippen LogP contribution in [0.25, 0.3) is 0 Å². The summed E-state index contributed by atoms with van der Waals surface area (Å²) in [4.78, 5) is 25.9. The third-order valence-electron chi connectivity index (χ3n) is 4.36. The van der Waals surface area contributed by atoms with Crippen molar-refractivity contribution in [2.24, 2.45) is 0 Å². The molecule has 1 aromatic carbocycles. The predicted octanol–water partition coefficient (Wildman–Crippen LogP) is 1.53. The quantitative estimate of drug-likeness (QED) is 0.814. The van der Waals surface area contributed by atoms with Gasteiger partial charge in [0.05, 0.1) is 9.77 Å². The average Bonchev–Trinajstić information content (AvgIpc) is 3.21. The average molecular weight is 408 g/mol. The van der Waals surface area contributed by atoms with Crippen molar-refractivity contribution >= 4 is 33.2 Å². The molecule has 1 aromatic heterocycles. The Hall–Kier alpha value is -2.23. The Kier molecular flexibility index (Phi) is 5.93. The van der Waals surface area contributed by atoms with E-state index in [-0.39, 0.29) is 29.8 Å². The highest BCUT2D eigenvalue weighted by Gasteiger charge is 2.30. The topological polar surface area (TPSA) is 86.8 Å². The van der Waals surface area contributed by atoms with Gasteiger partial charge in [-0.2, -0.15) is 4.31 Å². The van der Waals surface area contributed by atoms with Gasteiger partial charge in [0.2, 0.25) is 15.9 Å². The first kappa shape index (κ1) is 19.5. The zero-order valence-corrected chi connectivity index (χ0v) is 16.6. The molecule has 0 aliphatic carbocycles. The van der Waals surface area contributed by atoms with E-state index in [0.29, 0.717) is 24.5 Å². The van der Waals surface area contributed by atoms with Crippen molar-refractivity contribution in [3.63, 3.8) is 0 Å². The Morgan fingerprint density at radius 2 is 1.74 bits per heavy atom. The van der Waals surface area contributed by atoms with Crippen molar-refractivity contribution in [2.75, 3.05) is 26.2 Å². The summed E-state index contributed by atoms with van der Waals surface area (Å²) in [6.45, 7) is 3.08. The molecule has 0 unspecified atom stereocenters. The number of nitrogens with zero attached hydrogens (tertiary/aromatic N) is 2. The number of benzene rings is 1. The van der Waals surface area contributed by atoms with E-state index in [1.165, 1.54) is 22.6 Å². The van der Waals surface area contributed by atoms with Crippen molar-refractivity contribution in [1.82, 2.24) is 14.5 Å². The van der Waals surface area contributed by atoms with Gasteiger partial charge >= 0.3 is 0 Å². The first-order valence-corrected chi connectivity index (χ1v) is 10.9. The van der Waals surface area contributed by atoms with Gasteiger partial charge in [0.25, 0.3) is 5.91 Å². The van der Waals surface area contributed by atoms with Crippen LogP contribution in [0.4, 0.5) is 0 Å². The maximum Gasteiger partial charge on any atom is 0.264 e. The minimum Gasteiger partial charge on any atom is -0.352 e. The number of carbonyl (C=O) groups is 2. The van der Waals surface area contributed by atoms with Crippen LogP contribution < -0.4 is 5.32 Å². The number of piperazine rings is 1. The van der Waals surface area contributed by atoms with Crippen molar-refractivity contribution in [3.8, 4) is 0 Å². The normalized spacial score (nSPS) is 15.5. The van der Waals surface area contributed by atoms with Gasteiger partial charge in [-0.15, -0.1) is 11.3 Å². The molecule has 0 spiro atoms. The molecule has 0 atom stereocenters. The molecule has 1 saturated heterocycles. The summed E-state index contributed by atoms with van der Waals surface area (Å²) in [5.74, 6) is -0.189. The van der Waals surface area contributed by atoms with E-state index in [1.54, 1.807) is 35.2 Å². The Morgan fingerprint density at radius 1 is 1.07 bits per heavy atom. The van der Waals surface area contributed by atoms with E-state index >= 15 is 0 Å². The number of rotatable bonds is 5. The molecule has 0 bridgehead atoms. The Labute approximate surface area is 162 Å². The van der Waals surface area contributed by atoms with Gasteiger partial charge in [-0.05, 0) is 29.1 Å². The number of hydrogen-bond donors (Lipinski definition) is 1. The SMILES string of the molecule is CC(=O)NCc1ccc(S(=O)(=O)N2CCN(C(=O)c3cccs3)CC2)cc1. The Bertz CT molecular complexity index is 901. The monoisotopic (exact) mass is 407 g/mol. The van der Waals surface area contributed by atoms with E-state index in [9.17, 15) is 18.0 Å². The van der Waals surface area contributed by atoms with E-state index in [0.717, 1.165) is 5.56 Å². The molecule has 0 radical (unpaired) electrons. The molecular formula is C18H21N3O4S2. The van der Waals surface area contributed by atoms with E-state index < -0.39 is 10.0 Å². The standard InChI is InChI=1S/C18H21N3O4S2/c1-14(22)19-13-15-4-6-16(7-5-15)27(24,25)21-10-8-20(9-11-21)18(23)17-3-2-12-26-17/h2-7,12H,8-11,13H2,1H3,(H,19,22). The minimum absolute atomic E-state index is 0.0515. The van der Waals surface area contributed by atoms with Crippen LogP contribution in [0.2, 0.25) is 0 Å². The molecule has 1 N–H and O–H groups in total. The Balaban J connectivity index is 1.62. The molecule has 0 saturated carbocycles. The molecule has 27 heavy (non-hydrogen) atoms. The zero-order valence-electron chi connectivity index (χ0n) is 14.9. The fourth-order valence-corrected chi connectivity index (χ4v) is 4.96. The number of nitrogens with one attached hydrogen (secondary N) is 1. The Morgan fingerprint density at radius 3 is 2.30 bits per heavy atom. The van der Waals surface area contributed by atoms with E-state index in [2.05, 4.69) is 5.32 Å². The molecule has 2 amide bonds. The number of carbonyl (C=O) groups excluding carboxylic acids is 2. The number of sulfonamides is 1. The fraction of sp³-hybridized carbons (Fsp3) is 0.333. The molecule has 3 rings (SSSR count). The van der Waals surface area contributed by atoms with Crippen LogP contribution >= 0.6 is 11.3 Å². The van der Waals surface area contributed by atoms with Crippen LogP contribution in [0.15, 0.2) is 46.7 Å². The number of thiophene rings is 1. The predicted molar refractivity (Wildman–Crippen MR) is 103 cm³/mol. The second-order valence-corrected chi connectivity index (χ2v) is 9.11. The number of amides is 2. The number of hydrogen-bond acceptors (Lipinski definition) is 5. The van der Waals surface area contributed by atoms with Gasteiger partial charge in [0.15, 0.2) is 0 Å². The third-order valence-corrected chi connectivity index (χ3v) is 7.13. The van der Waals surface area contributed by atoms with E-state index in [4.69, 9.17) is 0 Å². The second kappa shape index (κ2) is 8.20. The summed E-state index contributed by atoms with van der Waals surface area (Å²) in [6.07, 6.45) is 0. The first-order chi connectivity index (χ1) is 12.9. The van der Waals surface area contributed by atoms with Crippen LogP contribution in [-0.4, -0.2) is 55.6 Å². The summed E-state index contributed by atoms with van der Waals surface area (Å²) < 4.78 is 27.1. The lowest BCUT2D eigenvalue weighted by Crippen LogP contribution is -2.50. The molecular weight excluding hydrogens is 386 g/mol. The van der Waals surface area contributed by atoms with Crippen LogP contribution in [0.1, 0.15) is 22.2 Å². The summed E-state index contributed by atoms with van der Waals surface area (Å²) in [5, 5.41) is 4.53. The van der Waals surface area contributed by atoms with Crippen molar-refractivity contribution < 1.29 is 18.0 Å². The fourth-order valence-electron chi connectivity index (χ4n) is 2.84. The zero-order chi connectivity index (χ0) is 19.4. The van der Waals surface area contributed by atoms with Gasteiger partial charge in [-0.25, -0.2) is 8.42 Å².